The summed E-state index contributed by atoms with van der Waals surface area (Å²) >= 11 is 6.23. The number of hydrogen-bond donors (Lipinski definition) is 0. The van der Waals surface area contributed by atoms with E-state index in [1.54, 1.807) is 0 Å². The van der Waals surface area contributed by atoms with Gasteiger partial charge in [-0.3, -0.25) is 14.8 Å². The molecule has 0 bridgehead atoms. The fraction of sp³-hybridized carbons (Fsp3) is 0.296. The second-order valence-corrected chi connectivity index (χ2v) is 9.05. The fourth-order valence-electron chi connectivity index (χ4n) is 4.64. The van der Waals surface area contributed by atoms with Crippen molar-refractivity contribution in [1.82, 2.24) is 14.8 Å². The zero-order chi connectivity index (χ0) is 21.8. The monoisotopic (exact) mass is 444 g/mol. The van der Waals surface area contributed by atoms with Gasteiger partial charge in [-0.2, -0.15) is 0 Å². The molecule has 5 heteroatoms. The summed E-state index contributed by atoms with van der Waals surface area (Å²) < 4.78 is 0. The quantitative estimate of drug-likeness (QED) is 0.691. The molecule has 164 valence electrons. The summed E-state index contributed by atoms with van der Waals surface area (Å²) in [7, 11) is 0. The number of rotatable bonds is 5. The van der Waals surface area contributed by atoms with Crippen molar-refractivity contribution in [2.45, 2.75) is 0 Å². The highest BCUT2D eigenvalue weighted by atomic mass is 35.5. The summed E-state index contributed by atoms with van der Waals surface area (Å²) in [6.45, 7) is 8.20. The highest BCUT2D eigenvalue weighted by Crippen LogP contribution is 2.29. The maximum Gasteiger partial charge on any atom is 0.0737 e. The van der Waals surface area contributed by atoms with Gasteiger partial charge in [0, 0.05) is 74.7 Å². The van der Waals surface area contributed by atoms with Crippen LogP contribution in [-0.2, 0) is 0 Å². The van der Waals surface area contributed by atoms with E-state index in [0.29, 0.717) is 0 Å². The van der Waals surface area contributed by atoms with E-state index in [4.69, 9.17) is 11.6 Å². The van der Waals surface area contributed by atoms with Gasteiger partial charge in [0.05, 0.1) is 5.52 Å². The lowest BCUT2D eigenvalue weighted by molar-refractivity contribution is 0.233. The van der Waals surface area contributed by atoms with Gasteiger partial charge in [0.25, 0.3) is 0 Å². The summed E-state index contributed by atoms with van der Waals surface area (Å²) in [6, 6.07) is 8.18. The molecule has 10 radical (unpaired) electrons. The molecule has 4 nitrogen and oxygen atoms in total. The standard InChI is InChI=1S/C27H29ClN4/c28-24-9-10-25-26(19-24)29-12-11-27(25)32-17-15-30(20-22-5-1-2-6-22)13-14-31(16-18-32)21-23-7-3-4-8-23/h1-12,19H,13-18,20-21H2. The van der Waals surface area contributed by atoms with Crippen LogP contribution in [0.5, 0.6) is 0 Å². The van der Waals surface area contributed by atoms with E-state index >= 15 is 0 Å². The molecule has 0 unspecified atom stereocenters. The van der Waals surface area contributed by atoms with Gasteiger partial charge in [0.2, 0.25) is 0 Å². The van der Waals surface area contributed by atoms with Gasteiger partial charge in [-0.1, -0.05) is 11.6 Å². The molecule has 2 aromatic rings. The number of anilines is 1. The zero-order valence-electron chi connectivity index (χ0n) is 18.3. The topological polar surface area (TPSA) is 22.6 Å². The Morgan fingerprint density at radius 1 is 0.719 bits per heavy atom. The normalized spacial score (nSPS) is 23.0. The minimum Gasteiger partial charge on any atom is -0.368 e. The van der Waals surface area contributed by atoms with Crippen molar-refractivity contribution in [2.75, 3.05) is 57.3 Å². The first kappa shape index (κ1) is 22.4. The maximum absolute atomic E-state index is 6.23. The first-order chi connectivity index (χ1) is 15.7. The van der Waals surface area contributed by atoms with E-state index in [1.165, 1.54) is 22.9 Å². The molecule has 0 atom stereocenters. The molecule has 2 aliphatic carbocycles. The van der Waals surface area contributed by atoms with Crippen LogP contribution in [0.15, 0.2) is 30.5 Å². The van der Waals surface area contributed by atoms with Gasteiger partial charge in [-0.05, 0) is 87.5 Å². The first-order valence-electron chi connectivity index (χ1n) is 11.4. The number of aromatic nitrogens is 1. The summed E-state index contributed by atoms with van der Waals surface area (Å²) in [5, 5.41) is 1.90. The molecular formula is C27H29ClN4. The van der Waals surface area contributed by atoms with Crippen LogP contribution < -0.4 is 4.90 Å². The lowest BCUT2D eigenvalue weighted by Crippen LogP contribution is -2.39. The van der Waals surface area contributed by atoms with E-state index < -0.39 is 0 Å². The van der Waals surface area contributed by atoms with Crippen LogP contribution in [-0.4, -0.2) is 67.1 Å². The van der Waals surface area contributed by atoms with Crippen molar-refractivity contribution in [3.63, 3.8) is 0 Å². The Labute approximate surface area is 198 Å². The molecule has 0 amide bonds. The molecule has 2 saturated carbocycles. The average molecular weight is 445 g/mol. The summed E-state index contributed by atoms with van der Waals surface area (Å²) in [6.07, 6.45) is 19.4. The van der Waals surface area contributed by atoms with E-state index in [-0.39, 0.29) is 0 Å². The predicted molar refractivity (Wildman–Crippen MR) is 133 cm³/mol. The van der Waals surface area contributed by atoms with Crippen molar-refractivity contribution in [3.05, 3.63) is 98.7 Å². The van der Waals surface area contributed by atoms with Gasteiger partial charge in [0.15, 0.2) is 0 Å². The molecule has 0 spiro atoms. The third kappa shape index (κ3) is 5.58. The summed E-state index contributed by atoms with van der Waals surface area (Å²) in [4.78, 5) is 12.3. The van der Waals surface area contributed by atoms with Crippen LogP contribution in [0.2, 0.25) is 5.02 Å². The van der Waals surface area contributed by atoms with E-state index in [9.17, 15) is 0 Å². The maximum atomic E-state index is 6.23. The SMILES string of the molecule is Clc1ccc2c(N3CCN(C[C]4[CH][CH][CH][CH]4)CCN(C[C]4[CH][CH][CH][CH]4)CC3)ccnc2c1. The van der Waals surface area contributed by atoms with Crippen LogP contribution >= 0.6 is 11.6 Å². The summed E-state index contributed by atoms with van der Waals surface area (Å²) in [5.41, 5.74) is 2.20. The second-order valence-electron chi connectivity index (χ2n) is 8.62. The third-order valence-electron chi connectivity index (χ3n) is 6.40. The molecule has 0 N–H and O–H groups in total. The first-order valence-corrected chi connectivity index (χ1v) is 11.8. The van der Waals surface area contributed by atoms with Crippen molar-refractivity contribution in [1.29, 1.82) is 0 Å². The highest BCUT2D eigenvalue weighted by Gasteiger charge is 2.25. The second kappa shape index (κ2) is 10.7. The highest BCUT2D eigenvalue weighted by molar-refractivity contribution is 6.31. The van der Waals surface area contributed by atoms with Gasteiger partial charge in [-0.25, -0.2) is 0 Å². The number of benzene rings is 1. The minimum absolute atomic E-state index is 0.730. The van der Waals surface area contributed by atoms with Crippen molar-refractivity contribution >= 4 is 28.2 Å². The third-order valence-corrected chi connectivity index (χ3v) is 6.64. The Kier molecular flexibility index (Phi) is 7.51. The molecule has 32 heavy (non-hydrogen) atoms. The molecule has 1 aromatic carbocycles. The Morgan fingerprint density at radius 2 is 1.28 bits per heavy atom. The Hall–Kier alpha value is -1.36. The number of halogens is 1. The van der Waals surface area contributed by atoms with Crippen molar-refractivity contribution in [2.24, 2.45) is 0 Å². The number of pyridine rings is 1. The Bertz CT molecular complexity index is 845. The van der Waals surface area contributed by atoms with E-state index in [1.807, 2.05) is 18.3 Å². The van der Waals surface area contributed by atoms with Crippen molar-refractivity contribution in [3.8, 4) is 0 Å². The largest absolute Gasteiger partial charge is 0.368 e. The smallest absolute Gasteiger partial charge is 0.0737 e. The number of nitrogens with zero attached hydrogens (tertiary/aromatic N) is 4. The van der Waals surface area contributed by atoms with Crippen LogP contribution in [0, 0.1) is 63.2 Å². The van der Waals surface area contributed by atoms with Gasteiger partial charge >= 0.3 is 0 Å². The molecule has 5 rings (SSSR count). The Morgan fingerprint density at radius 3 is 1.88 bits per heavy atom. The van der Waals surface area contributed by atoms with Crippen molar-refractivity contribution < 1.29 is 0 Å². The van der Waals surface area contributed by atoms with Gasteiger partial charge < -0.3 is 4.90 Å². The molecule has 1 saturated heterocycles. The minimum atomic E-state index is 0.730. The molecule has 2 heterocycles. The lowest BCUT2D eigenvalue weighted by atomic mass is 10.1. The van der Waals surface area contributed by atoms with E-state index in [2.05, 4.69) is 83.2 Å². The molecule has 1 aliphatic heterocycles. The van der Waals surface area contributed by atoms with Crippen LogP contribution in [0.4, 0.5) is 5.69 Å². The lowest BCUT2D eigenvalue weighted by Gasteiger charge is -2.29. The molecular weight excluding hydrogens is 416 g/mol. The summed E-state index contributed by atoms with van der Waals surface area (Å²) in [5.74, 6) is 2.78. The average Bonchev–Trinajstić information content (AvgIpc) is 3.51. The number of hydrogen-bond acceptors (Lipinski definition) is 4. The molecule has 3 fully saturated rings. The fourth-order valence-corrected chi connectivity index (χ4v) is 4.80. The van der Waals surface area contributed by atoms with E-state index in [0.717, 1.165) is 62.9 Å². The molecule has 3 aliphatic rings. The molecule has 1 aromatic heterocycles. The predicted octanol–water partition coefficient (Wildman–Crippen LogP) is 4.12. The number of fused-ring (bicyclic) bond motifs is 1. The van der Waals surface area contributed by atoms with Crippen LogP contribution in [0.25, 0.3) is 10.9 Å². The van der Waals surface area contributed by atoms with Gasteiger partial charge in [-0.15, -0.1) is 0 Å². The zero-order valence-corrected chi connectivity index (χ0v) is 19.1. The Balaban J connectivity index is 1.36. The van der Waals surface area contributed by atoms with Crippen LogP contribution in [0.3, 0.4) is 0 Å². The van der Waals surface area contributed by atoms with Gasteiger partial charge in [0.1, 0.15) is 0 Å². The van der Waals surface area contributed by atoms with Crippen LogP contribution in [0.1, 0.15) is 0 Å².